The average molecular weight is 572 g/mol. The van der Waals surface area contributed by atoms with E-state index in [2.05, 4.69) is 57.1 Å². The van der Waals surface area contributed by atoms with Crippen LogP contribution in [0, 0.1) is 0 Å². The van der Waals surface area contributed by atoms with Gasteiger partial charge in [-0.05, 0) is 86.3 Å². The maximum Gasteiger partial charge on any atom is 0.257 e. The van der Waals surface area contributed by atoms with Crippen LogP contribution in [0.2, 0.25) is 0 Å². The number of nitrogens with zero attached hydrogens (tertiary/aromatic N) is 2. The van der Waals surface area contributed by atoms with E-state index in [1.807, 2.05) is 72.1 Å². The van der Waals surface area contributed by atoms with Crippen LogP contribution in [0.3, 0.4) is 0 Å². The number of aliphatic hydroxyl groups is 1. The Labute approximate surface area is 242 Å². The second-order valence-corrected chi connectivity index (χ2v) is 12.0. The zero-order chi connectivity index (χ0) is 28.0. The number of aryl methyl sites for hydroxylation is 1. The van der Waals surface area contributed by atoms with Crippen molar-refractivity contribution in [3.05, 3.63) is 108 Å². The number of hydrogen-bond donors (Lipinski definition) is 4. The summed E-state index contributed by atoms with van der Waals surface area (Å²) in [6.45, 7) is 5.56. The van der Waals surface area contributed by atoms with Crippen molar-refractivity contribution in [2.45, 2.75) is 43.4 Å². The van der Waals surface area contributed by atoms with Crippen LogP contribution in [0.4, 0.5) is 10.8 Å². The predicted octanol–water partition coefficient (Wildman–Crippen LogP) is 6.96. The maximum atomic E-state index is 12.6. The van der Waals surface area contributed by atoms with E-state index in [0.29, 0.717) is 17.2 Å². The van der Waals surface area contributed by atoms with E-state index < -0.39 is 6.10 Å². The van der Waals surface area contributed by atoms with E-state index >= 15 is 0 Å². The van der Waals surface area contributed by atoms with Crippen molar-refractivity contribution in [3.63, 3.8) is 0 Å². The summed E-state index contributed by atoms with van der Waals surface area (Å²) in [5.41, 5.74) is 3.32. The molecule has 2 aromatic heterocycles. The minimum absolute atomic E-state index is 0.162. The van der Waals surface area contributed by atoms with Gasteiger partial charge in [-0.3, -0.25) is 10.1 Å². The number of anilines is 2. The van der Waals surface area contributed by atoms with Crippen LogP contribution >= 0.6 is 23.3 Å². The van der Waals surface area contributed by atoms with Gasteiger partial charge in [0.05, 0.1) is 6.10 Å². The molecule has 0 spiro atoms. The SMILES string of the molecule is CC(C)(CCn1ccc2cc(C(=O)Nc3nccs3)ccc21)NCC(O)c1cccc(NSc2ccccc2)c1. The Kier molecular flexibility index (Phi) is 8.86. The van der Waals surface area contributed by atoms with Crippen LogP contribution in [0.1, 0.15) is 42.3 Å². The Morgan fingerprint density at radius 2 is 1.93 bits per heavy atom. The summed E-state index contributed by atoms with van der Waals surface area (Å²) in [7, 11) is 0. The number of benzene rings is 3. The Morgan fingerprint density at radius 1 is 1.07 bits per heavy atom. The molecule has 3 aromatic carbocycles. The largest absolute Gasteiger partial charge is 0.387 e. The number of fused-ring (bicyclic) bond motifs is 1. The number of nitrogens with one attached hydrogen (secondary N) is 3. The van der Waals surface area contributed by atoms with Crippen molar-refractivity contribution < 1.29 is 9.90 Å². The summed E-state index contributed by atoms with van der Waals surface area (Å²) >= 11 is 2.94. The Morgan fingerprint density at radius 3 is 2.73 bits per heavy atom. The third-order valence-corrected chi connectivity index (χ3v) is 8.27. The summed E-state index contributed by atoms with van der Waals surface area (Å²) in [6, 6.07) is 25.8. The van der Waals surface area contributed by atoms with E-state index in [-0.39, 0.29) is 11.4 Å². The summed E-state index contributed by atoms with van der Waals surface area (Å²) in [6.07, 6.45) is 3.97. The quantitative estimate of drug-likeness (QED) is 0.121. The molecule has 1 amide bonds. The van der Waals surface area contributed by atoms with Gasteiger partial charge in [0.15, 0.2) is 5.13 Å². The number of rotatable bonds is 12. The first kappa shape index (κ1) is 27.9. The second-order valence-electron chi connectivity index (χ2n) is 10.2. The fourth-order valence-corrected chi connectivity index (χ4v) is 5.57. The molecule has 7 nitrogen and oxygen atoms in total. The highest BCUT2D eigenvalue weighted by Crippen LogP contribution is 2.25. The van der Waals surface area contributed by atoms with Gasteiger partial charge in [0, 0.05) is 63.5 Å². The molecule has 2 heterocycles. The van der Waals surface area contributed by atoms with Crippen LogP contribution < -0.4 is 15.4 Å². The third kappa shape index (κ3) is 7.31. The van der Waals surface area contributed by atoms with Crippen LogP contribution in [-0.4, -0.2) is 32.6 Å². The lowest BCUT2D eigenvalue weighted by atomic mass is 9.99. The first-order valence-corrected chi connectivity index (χ1v) is 14.9. The van der Waals surface area contributed by atoms with Crippen molar-refractivity contribution >= 4 is 50.9 Å². The molecule has 0 radical (unpaired) electrons. The molecule has 40 heavy (non-hydrogen) atoms. The molecule has 0 saturated carbocycles. The standard InChI is InChI=1S/C31H33N5O2S2/c1-31(2,33-21-28(37)23-7-6-8-25(20-23)35-40-26-9-4-3-5-10-26)14-17-36-16-13-22-19-24(11-12-27(22)36)29(38)34-30-32-15-18-39-30/h3-13,15-16,18-20,28,33,35,37H,14,17,21H2,1-2H3,(H,32,34,38). The van der Waals surface area contributed by atoms with Crippen LogP contribution in [0.15, 0.2) is 102 Å². The van der Waals surface area contributed by atoms with E-state index in [4.69, 9.17) is 0 Å². The number of β-amino-alcohol motifs (C(OH)–C–C–N with tert-alkyl or cyclic N) is 1. The molecular weight excluding hydrogens is 539 g/mol. The Hall–Kier alpha value is -3.63. The summed E-state index contributed by atoms with van der Waals surface area (Å²) < 4.78 is 5.56. The van der Waals surface area contributed by atoms with Crippen LogP contribution in [0.25, 0.3) is 10.9 Å². The van der Waals surface area contributed by atoms with Crippen molar-refractivity contribution in [1.82, 2.24) is 14.9 Å². The van der Waals surface area contributed by atoms with Gasteiger partial charge in [0.2, 0.25) is 0 Å². The second kappa shape index (κ2) is 12.7. The normalized spacial score (nSPS) is 12.4. The van der Waals surface area contributed by atoms with Gasteiger partial charge in [-0.25, -0.2) is 4.98 Å². The molecule has 1 unspecified atom stereocenters. The van der Waals surface area contributed by atoms with E-state index in [9.17, 15) is 9.90 Å². The van der Waals surface area contributed by atoms with Crippen molar-refractivity contribution in [2.75, 3.05) is 16.6 Å². The Balaban J connectivity index is 1.13. The molecule has 4 N–H and O–H groups in total. The zero-order valence-corrected chi connectivity index (χ0v) is 24.1. The number of aromatic nitrogens is 2. The van der Waals surface area contributed by atoms with Crippen LogP contribution in [-0.2, 0) is 6.54 Å². The van der Waals surface area contributed by atoms with Gasteiger partial charge in [-0.2, -0.15) is 0 Å². The van der Waals surface area contributed by atoms with Gasteiger partial charge in [-0.1, -0.05) is 30.3 Å². The van der Waals surface area contributed by atoms with Gasteiger partial charge in [-0.15, -0.1) is 11.3 Å². The number of thiazole rings is 1. The van der Waals surface area contributed by atoms with Crippen LogP contribution in [0.5, 0.6) is 0 Å². The average Bonchev–Trinajstić information content (AvgIpc) is 3.64. The third-order valence-electron chi connectivity index (χ3n) is 6.74. The monoisotopic (exact) mass is 571 g/mol. The van der Waals surface area contributed by atoms with Crippen molar-refractivity contribution in [1.29, 1.82) is 0 Å². The molecule has 0 saturated heterocycles. The number of hydrogen-bond acceptors (Lipinski definition) is 7. The molecule has 0 fully saturated rings. The number of amides is 1. The molecule has 0 aliphatic rings. The first-order valence-electron chi connectivity index (χ1n) is 13.2. The van der Waals surface area contributed by atoms with E-state index in [1.54, 1.807) is 18.1 Å². The lowest BCUT2D eigenvalue weighted by molar-refractivity contribution is 0.102. The molecular formula is C31H33N5O2S2. The highest BCUT2D eigenvalue weighted by atomic mass is 32.2. The van der Waals surface area contributed by atoms with Crippen molar-refractivity contribution in [2.24, 2.45) is 0 Å². The fourth-order valence-electron chi connectivity index (χ4n) is 4.39. The molecule has 5 aromatic rings. The lowest BCUT2D eigenvalue weighted by Gasteiger charge is -2.28. The molecule has 0 aliphatic heterocycles. The predicted molar refractivity (Wildman–Crippen MR) is 166 cm³/mol. The zero-order valence-electron chi connectivity index (χ0n) is 22.5. The van der Waals surface area contributed by atoms with Gasteiger partial charge < -0.3 is 19.7 Å². The molecule has 0 bridgehead atoms. The number of carbonyl (C=O) groups excluding carboxylic acids is 1. The van der Waals surface area contributed by atoms with Gasteiger partial charge in [0.1, 0.15) is 0 Å². The maximum absolute atomic E-state index is 12.6. The lowest BCUT2D eigenvalue weighted by Crippen LogP contribution is -2.42. The van der Waals surface area contributed by atoms with Gasteiger partial charge >= 0.3 is 0 Å². The first-order chi connectivity index (χ1) is 19.4. The molecule has 0 aliphatic carbocycles. The summed E-state index contributed by atoms with van der Waals surface area (Å²) in [4.78, 5) is 17.8. The topological polar surface area (TPSA) is 91.2 Å². The number of aliphatic hydroxyl groups excluding tert-OH is 1. The minimum atomic E-state index is -0.621. The molecule has 206 valence electrons. The molecule has 5 rings (SSSR count). The summed E-state index contributed by atoms with van der Waals surface area (Å²) in [5, 5.41) is 20.7. The minimum Gasteiger partial charge on any atom is -0.387 e. The van der Waals surface area contributed by atoms with E-state index in [0.717, 1.165) is 40.0 Å². The fraction of sp³-hybridized carbons (Fsp3) is 0.226. The van der Waals surface area contributed by atoms with Gasteiger partial charge in [0.25, 0.3) is 5.91 Å². The molecule has 1 atom stereocenters. The smallest absolute Gasteiger partial charge is 0.257 e. The highest BCUT2D eigenvalue weighted by molar-refractivity contribution is 8.00. The highest BCUT2D eigenvalue weighted by Gasteiger charge is 2.20. The van der Waals surface area contributed by atoms with E-state index in [1.165, 1.54) is 11.3 Å². The number of carbonyl (C=O) groups is 1. The van der Waals surface area contributed by atoms with Crippen molar-refractivity contribution in [3.8, 4) is 0 Å². The summed E-state index contributed by atoms with van der Waals surface area (Å²) in [5.74, 6) is -0.162. The Bertz CT molecular complexity index is 1550. The molecule has 9 heteroatoms.